The summed E-state index contributed by atoms with van der Waals surface area (Å²) in [4.78, 5) is 24.8. The number of aryl methyl sites for hydroxylation is 2. The molecular weight excluding hydrogens is 258 g/mol. The summed E-state index contributed by atoms with van der Waals surface area (Å²) >= 11 is 0. The molecule has 0 spiro atoms. The number of carbonyl (C=O) groups is 2. The van der Waals surface area contributed by atoms with E-state index in [0.717, 1.165) is 17.0 Å². The summed E-state index contributed by atoms with van der Waals surface area (Å²) in [6.07, 6.45) is 0. The van der Waals surface area contributed by atoms with Crippen LogP contribution in [0, 0.1) is 19.8 Å². The van der Waals surface area contributed by atoms with Crippen LogP contribution in [0.5, 0.6) is 0 Å². The third-order valence-electron chi connectivity index (χ3n) is 3.71. The Hall–Kier alpha value is -1.85. The van der Waals surface area contributed by atoms with E-state index >= 15 is 0 Å². The smallest absolute Gasteiger partial charge is 0.308 e. The number of carboxylic acids is 1. The second-order valence-corrected chi connectivity index (χ2v) is 5.39. The van der Waals surface area contributed by atoms with E-state index in [0.29, 0.717) is 0 Å². The van der Waals surface area contributed by atoms with Gasteiger partial charge in [0.2, 0.25) is 5.91 Å². The minimum atomic E-state index is -0.897. The van der Waals surface area contributed by atoms with Crippen molar-refractivity contribution in [3.8, 4) is 0 Å². The Labute approximate surface area is 119 Å². The highest BCUT2D eigenvalue weighted by Crippen LogP contribution is 2.24. The molecule has 0 aliphatic rings. The number of likely N-dealkylation sites (N-methyl/N-ethyl adjacent to an activating group) is 1. The number of rotatable bonds is 5. The van der Waals surface area contributed by atoms with Gasteiger partial charge >= 0.3 is 5.97 Å². The van der Waals surface area contributed by atoms with E-state index in [-0.39, 0.29) is 18.4 Å². The van der Waals surface area contributed by atoms with Crippen LogP contribution in [0.15, 0.2) is 0 Å². The molecule has 6 nitrogen and oxygen atoms in total. The van der Waals surface area contributed by atoms with Gasteiger partial charge in [-0.2, -0.15) is 5.10 Å². The molecule has 0 aliphatic carbocycles. The summed E-state index contributed by atoms with van der Waals surface area (Å²) < 4.78 is 1.76. The monoisotopic (exact) mass is 281 g/mol. The van der Waals surface area contributed by atoms with E-state index in [1.807, 2.05) is 27.8 Å². The van der Waals surface area contributed by atoms with Crippen molar-refractivity contribution in [2.45, 2.75) is 33.6 Å². The van der Waals surface area contributed by atoms with Gasteiger partial charge in [-0.25, -0.2) is 0 Å². The summed E-state index contributed by atoms with van der Waals surface area (Å²) in [6.45, 7) is 7.44. The molecule has 1 rings (SSSR count). The van der Waals surface area contributed by atoms with Gasteiger partial charge in [0.1, 0.15) is 0 Å². The number of amides is 1. The van der Waals surface area contributed by atoms with Crippen LogP contribution in [0.4, 0.5) is 0 Å². The number of carboxylic acid groups (broad SMARTS) is 1. The van der Waals surface area contributed by atoms with Crippen LogP contribution in [0.25, 0.3) is 0 Å². The lowest BCUT2D eigenvalue weighted by Crippen LogP contribution is -2.36. The zero-order chi connectivity index (χ0) is 15.6. The number of carbonyl (C=O) groups excluding carboxylic acids is 1. The Kier molecular flexibility index (Phi) is 4.92. The lowest BCUT2D eigenvalue weighted by molar-refractivity contribution is -0.142. The highest BCUT2D eigenvalue weighted by atomic mass is 16.4. The fraction of sp³-hybridized carbons (Fsp3) is 0.643. The first kappa shape index (κ1) is 16.2. The molecule has 0 aliphatic heterocycles. The maximum Gasteiger partial charge on any atom is 0.308 e. The second kappa shape index (κ2) is 6.07. The Morgan fingerprint density at radius 1 is 1.35 bits per heavy atom. The SMILES string of the molecule is Cc1nn(C)c(C)c1C(C)C(=O)N(C)CC(C)C(=O)O. The van der Waals surface area contributed by atoms with Crippen molar-refractivity contribution in [3.05, 3.63) is 17.0 Å². The van der Waals surface area contributed by atoms with Crippen LogP contribution in [-0.4, -0.2) is 45.3 Å². The predicted molar refractivity (Wildman–Crippen MR) is 75.5 cm³/mol. The van der Waals surface area contributed by atoms with Gasteiger partial charge in [-0.3, -0.25) is 14.3 Å². The molecular formula is C14H23N3O3. The van der Waals surface area contributed by atoms with Crippen molar-refractivity contribution in [1.82, 2.24) is 14.7 Å². The average molecular weight is 281 g/mol. The minimum absolute atomic E-state index is 0.0858. The molecule has 1 aromatic heterocycles. The molecule has 0 saturated heterocycles. The molecule has 6 heteroatoms. The molecule has 1 aromatic rings. The molecule has 112 valence electrons. The summed E-state index contributed by atoms with van der Waals surface area (Å²) in [5, 5.41) is 13.2. The predicted octanol–water partition coefficient (Wildman–Crippen LogP) is 1.32. The largest absolute Gasteiger partial charge is 0.481 e. The van der Waals surface area contributed by atoms with Crippen LogP contribution in [-0.2, 0) is 16.6 Å². The molecule has 0 radical (unpaired) electrons. The Morgan fingerprint density at radius 3 is 2.30 bits per heavy atom. The van der Waals surface area contributed by atoms with Gasteiger partial charge < -0.3 is 10.0 Å². The van der Waals surface area contributed by atoms with Crippen LogP contribution in [0.1, 0.15) is 36.7 Å². The topological polar surface area (TPSA) is 75.4 Å². The summed E-state index contributed by atoms with van der Waals surface area (Å²) in [6, 6.07) is 0. The number of nitrogens with zero attached hydrogens (tertiary/aromatic N) is 3. The van der Waals surface area contributed by atoms with Gasteiger partial charge in [-0.15, -0.1) is 0 Å². The maximum absolute atomic E-state index is 12.4. The normalized spacial score (nSPS) is 13.9. The number of aliphatic carboxylic acids is 1. The molecule has 2 unspecified atom stereocenters. The highest BCUT2D eigenvalue weighted by Gasteiger charge is 2.26. The van der Waals surface area contributed by atoms with E-state index in [9.17, 15) is 9.59 Å². The highest BCUT2D eigenvalue weighted by molar-refractivity contribution is 5.84. The molecule has 0 aromatic carbocycles. The van der Waals surface area contributed by atoms with Crippen molar-refractivity contribution in [3.63, 3.8) is 0 Å². The van der Waals surface area contributed by atoms with Gasteiger partial charge in [0, 0.05) is 31.9 Å². The number of aromatic nitrogens is 2. The first-order valence-corrected chi connectivity index (χ1v) is 6.64. The van der Waals surface area contributed by atoms with Crippen LogP contribution in [0.3, 0.4) is 0 Å². The van der Waals surface area contributed by atoms with E-state index in [1.165, 1.54) is 4.90 Å². The van der Waals surface area contributed by atoms with Crippen LogP contribution in [0.2, 0.25) is 0 Å². The average Bonchev–Trinajstić information content (AvgIpc) is 2.61. The lowest BCUT2D eigenvalue weighted by Gasteiger charge is -2.23. The van der Waals surface area contributed by atoms with Gasteiger partial charge in [0.15, 0.2) is 0 Å². The standard InChI is InChI=1S/C14H23N3O3/c1-8(14(19)20)7-16(5)13(18)9(2)12-10(3)15-17(6)11(12)4/h8-9H,7H2,1-6H3,(H,19,20). The first-order valence-electron chi connectivity index (χ1n) is 6.64. The Morgan fingerprint density at radius 2 is 1.90 bits per heavy atom. The van der Waals surface area contributed by atoms with Crippen LogP contribution >= 0.6 is 0 Å². The van der Waals surface area contributed by atoms with Gasteiger partial charge in [0.25, 0.3) is 0 Å². The van der Waals surface area contributed by atoms with Crippen molar-refractivity contribution in [2.75, 3.05) is 13.6 Å². The van der Waals surface area contributed by atoms with Crippen molar-refractivity contribution < 1.29 is 14.7 Å². The molecule has 0 saturated carbocycles. The first-order chi connectivity index (χ1) is 9.16. The van der Waals surface area contributed by atoms with Crippen molar-refractivity contribution >= 4 is 11.9 Å². The third-order valence-corrected chi connectivity index (χ3v) is 3.71. The summed E-state index contributed by atoms with van der Waals surface area (Å²) in [5.41, 5.74) is 2.72. The summed E-state index contributed by atoms with van der Waals surface area (Å²) in [7, 11) is 3.48. The fourth-order valence-corrected chi connectivity index (χ4v) is 2.45. The quantitative estimate of drug-likeness (QED) is 0.883. The number of hydrogen-bond donors (Lipinski definition) is 1. The molecule has 20 heavy (non-hydrogen) atoms. The van der Waals surface area contributed by atoms with E-state index in [2.05, 4.69) is 5.10 Å². The Bertz CT molecular complexity index is 522. The molecule has 1 N–H and O–H groups in total. The molecule has 1 heterocycles. The number of hydrogen-bond acceptors (Lipinski definition) is 3. The van der Waals surface area contributed by atoms with Crippen LogP contribution < -0.4 is 0 Å². The third kappa shape index (κ3) is 3.18. The molecule has 0 fully saturated rings. The van der Waals surface area contributed by atoms with E-state index in [4.69, 9.17) is 5.11 Å². The minimum Gasteiger partial charge on any atom is -0.481 e. The van der Waals surface area contributed by atoms with Gasteiger partial charge in [-0.05, 0) is 20.8 Å². The molecule has 1 amide bonds. The molecule has 2 atom stereocenters. The maximum atomic E-state index is 12.4. The van der Waals surface area contributed by atoms with Crippen molar-refractivity contribution in [1.29, 1.82) is 0 Å². The van der Waals surface area contributed by atoms with Gasteiger partial charge in [-0.1, -0.05) is 6.92 Å². The zero-order valence-electron chi connectivity index (χ0n) is 13.0. The second-order valence-electron chi connectivity index (χ2n) is 5.39. The molecule has 0 bridgehead atoms. The summed E-state index contributed by atoms with van der Waals surface area (Å²) in [5.74, 6) is -1.88. The van der Waals surface area contributed by atoms with E-state index in [1.54, 1.807) is 18.7 Å². The zero-order valence-corrected chi connectivity index (χ0v) is 13.0. The Balaban J connectivity index is 2.88. The van der Waals surface area contributed by atoms with Gasteiger partial charge in [0.05, 0.1) is 17.5 Å². The fourth-order valence-electron chi connectivity index (χ4n) is 2.45. The van der Waals surface area contributed by atoms with Crippen molar-refractivity contribution in [2.24, 2.45) is 13.0 Å². The lowest BCUT2D eigenvalue weighted by atomic mass is 9.97. The van der Waals surface area contributed by atoms with E-state index < -0.39 is 11.9 Å².